The number of hydrogen-bond donors (Lipinski definition) is 1. The molecule has 4 rings (SSSR count). The normalized spacial score (nSPS) is 11.9. The molecule has 1 amide bonds. The molecule has 146 valence electrons. The van der Waals surface area contributed by atoms with Crippen LogP contribution in [0.1, 0.15) is 16.6 Å². The van der Waals surface area contributed by atoms with Gasteiger partial charge in [0.05, 0.1) is 11.4 Å². The van der Waals surface area contributed by atoms with E-state index in [4.69, 9.17) is 11.6 Å². The Labute approximate surface area is 180 Å². The summed E-state index contributed by atoms with van der Waals surface area (Å²) in [4.78, 5) is 17.0. The lowest BCUT2D eigenvalue weighted by atomic mass is 10.1. The number of thioether (sulfide) groups is 1. The van der Waals surface area contributed by atoms with E-state index in [2.05, 4.69) is 25.8 Å². The van der Waals surface area contributed by atoms with Gasteiger partial charge in [0.25, 0.3) is 0 Å². The molecular formula is C19H15ClN6OS2. The third-order valence-electron chi connectivity index (χ3n) is 3.98. The van der Waals surface area contributed by atoms with Crippen molar-refractivity contribution >= 4 is 40.6 Å². The fourth-order valence-corrected chi connectivity index (χ4v) is 4.20. The molecule has 1 unspecified atom stereocenters. The van der Waals surface area contributed by atoms with Crippen LogP contribution in [0.15, 0.2) is 71.3 Å². The van der Waals surface area contributed by atoms with Crippen LogP contribution < -0.4 is 5.32 Å². The molecular weight excluding hydrogens is 428 g/mol. The molecule has 4 aromatic rings. The van der Waals surface area contributed by atoms with Gasteiger partial charge in [-0.25, -0.2) is 4.98 Å². The number of carbonyl (C=O) groups is 1. The summed E-state index contributed by atoms with van der Waals surface area (Å²) in [5, 5.41) is 18.7. The van der Waals surface area contributed by atoms with Crippen molar-refractivity contribution in [1.29, 1.82) is 0 Å². The predicted octanol–water partition coefficient (Wildman–Crippen LogP) is 3.77. The largest absolute Gasteiger partial charge is 0.342 e. The van der Waals surface area contributed by atoms with Gasteiger partial charge in [0, 0.05) is 16.6 Å². The van der Waals surface area contributed by atoms with Crippen molar-refractivity contribution in [1.82, 2.24) is 30.5 Å². The summed E-state index contributed by atoms with van der Waals surface area (Å²) >= 11 is 8.70. The lowest BCUT2D eigenvalue weighted by Gasteiger charge is -2.17. The van der Waals surface area contributed by atoms with E-state index in [1.165, 1.54) is 23.1 Å². The molecule has 1 N–H and O–H groups in total. The third kappa shape index (κ3) is 4.81. The van der Waals surface area contributed by atoms with Gasteiger partial charge in [-0.05, 0) is 40.3 Å². The molecule has 2 aromatic heterocycles. The van der Waals surface area contributed by atoms with Gasteiger partial charge in [0.2, 0.25) is 11.1 Å². The third-order valence-corrected chi connectivity index (χ3v) is 5.99. The summed E-state index contributed by atoms with van der Waals surface area (Å²) in [6.45, 7) is 0. The number of nitrogens with zero attached hydrogens (tertiary/aromatic N) is 5. The van der Waals surface area contributed by atoms with Crippen LogP contribution in [0.25, 0.3) is 5.69 Å². The van der Waals surface area contributed by atoms with Gasteiger partial charge in [-0.3, -0.25) is 4.79 Å². The van der Waals surface area contributed by atoms with Crippen LogP contribution in [0.5, 0.6) is 0 Å². The van der Waals surface area contributed by atoms with Crippen molar-refractivity contribution in [2.24, 2.45) is 0 Å². The highest BCUT2D eigenvalue weighted by atomic mass is 35.5. The Kier molecular flexibility index (Phi) is 6.18. The van der Waals surface area contributed by atoms with Gasteiger partial charge in [0.15, 0.2) is 0 Å². The number of amides is 1. The van der Waals surface area contributed by atoms with Crippen molar-refractivity contribution in [2.45, 2.75) is 11.2 Å². The molecule has 0 spiro atoms. The molecule has 0 saturated heterocycles. The SMILES string of the molecule is O=C(CSc1nnnn1-c1ccc(Cl)cc1)NC(c1ccccc1)c1nccs1. The fourth-order valence-electron chi connectivity index (χ4n) is 2.66. The Morgan fingerprint density at radius 3 is 2.69 bits per heavy atom. The first-order valence-corrected chi connectivity index (χ1v) is 10.9. The van der Waals surface area contributed by atoms with Crippen LogP contribution in [-0.2, 0) is 4.79 Å². The van der Waals surface area contributed by atoms with E-state index >= 15 is 0 Å². The summed E-state index contributed by atoms with van der Waals surface area (Å²) in [6, 6.07) is 16.6. The van der Waals surface area contributed by atoms with Crippen molar-refractivity contribution in [3.8, 4) is 5.69 Å². The first-order chi connectivity index (χ1) is 14.2. The number of thiazole rings is 1. The fraction of sp³-hybridized carbons (Fsp3) is 0.105. The number of hydrogen-bond acceptors (Lipinski definition) is 7. The quantitative estimate of drug-likeness (QED) is 0.438. The maximum atomic E-state index is 12.7. The van der Waals surface area contributed by atoms with Gasteiger partial charge in [0.1, 0.15) is 11.0 Å². The summed E-state index contributed by atoms with van der Waals surface area (Å²) < 4.78 is 1.57. The number of halogens is 1. The molecule has 0 radical (unpaired) electrons. The van der Waals surface area contributed by atoms with Gasteiger partial charge in [-0.1, -0.05) is 53.7 Å². The second kappa shape index (κ2) is 9.17. The summed E-state index contributed by atoms with van der Waals surface area (Å²) in [5.41, 5.74) is 1.75. The van der Waals surface area contributed by atoms with Crippen LogP contribution in [-0.4, -0.2) is 36.9 Å². The topological polar surface area (TPSA) is 85.6 Å². The molecule has 0 aliphatic rings. The lowest BCUT2D eigenvalue weighted by molar-refractivity contribution is -0.119. The van der Waals surface area contributed by atoms with Crippen LogP contribution in [0.2, 0.25) is 5.02 Å². The van der Waals surface area contributed by atoms with Crippen LogP contribution in [0.3, 0.4) is 0 Å². The Morgan fingerprint density at radius 2 is 1.97 bits per heavy atom. The van der Waals surface area contributed by atoms with Crippen LogP contribution in [0, 0.1) is 0 Å². The maximum Gasteiger partial charge on any atom is 0.231 e. The van der Waals surface area contributed by atoms with Crippen molar-refractivity contribution < 1.29 is 4.79 Å². The molecule has 0 aliphatic heterocycles. The van der Waals surface area contributed by atoms with Crippen molar-refractivity contribution in [3.63, 3.8) is 0 Å². The number of tetrazole rings is 1. The highest BCUT2D eigenvalue weighted by molar-refractivity contribution is 7.99. The molecule has 7 nitrogen and oxygen atoms in total. The minimum absolute atomic E-state index is 0.135. The average molecular weight is 443 g/mol. The van der Waals surface area contributed by atoms with E-state index in [0.29, 0.717) is 10.2 Å². The minimum atomic E-state index is -0.295. The van der Waals surface area contributed by atoms with Crippen LogP contribution >= 0.6 is 34.7 Å². The zero-order valence-electron chi connectivity index (χ0n) is 15.0. The smallest absolute Gasteiger partial charge is 0.231 e. The van der Waals surface area contributed by atoms with Gasteiger partial charge < -0.3 is 5.32 Å². The van der Waals surface area contributed by atoms with E-state index < -0.39 is 0 Å². The van der Waals surface area contributed by atoms with Crippen molar-refractivity contribution in [3.05, 3.63) is 81.8 Å². The Hall–Kier alpha value is -2.75. The van der Waals surface area contributed by atoms with E-state index in [0.717, 1.165) is 16.3 Å². The Morgan fingerprint density at radius 1 is 1.17 bits per heavy atom. The van der Waals surface area contributed by atoms with Gasteiger partial charge in [-0.2, -0.15) is 4.68 Å². The summed E-state index contributed by atoms with van der Waals surface area (Å²) in [6.07, 6.45) is 1.73. The molecule has 29 heavy (non-hydrogen) atoms. The second-order valence-corrected chi connectivity index (χ2v) is 8.22. The highest BCUT2D eigenvalue weighted by Crippen LogP contribution is 2.25. The predicted molar refractivity (Wildman–Crippen MR) is 113 cm³/mol. The second-order valence-electron chi connectivity index (χ2n) is 5.92. The zero-order chi connectivity index (χ0) is 20.1. The molecule has 0 bridgehead atoms. The Bertz CT molecular complexity index is 1070. The van der Waals surface area contributed by atoms with Gasteiger partial charge >= 0.3 is 0 Å². The highest BCUT2D eigenvalue weighted by Gasteiger charge is 2.20. The summed E-state index contributed by atoms with van der Waals surface area (Å²) in [7, 11) is 0. The molecule has 0 saturated carbocycles. The van der Waals surface area contributed by atoms with Gasteiger partial charge in [-0.15, -0.1) is 16.4 Å². The van der Waals surface area contributed by atoms with E-state index in [1.807, 2.05) is 47.8 Å². The number of aromatic nitrogens is 5. The standard InChI is InChI=1S/C19H15ClN6OS2/c20-14-6-8-15(9-7-14)26-19(23-24-25-26)29-12-16(27)22-17(18-21-10-11-28-18)13-4-2-1-3-5-13/h1-11,17H,12H2,(H,22,27). The molecule has 2 aromatic carbocycles. The average Bonchev–Trinajstić information content (AvgIpc) is 3.44. The van der Waals surface area contributed by atoms with E-state index in [-0.39, 0.29) is 17.7 Å². The number of carbonyl (C=O) groups excluding carboxylic acids is 1. The molecule has 10 heteroatoms. The molecule has 0 fully saturated rings. The number of rotatable bonds is 7. The monoisotopic (exact) mass is 442 g/mol. The van der Waals surface area contributed by atoms with Crippen LogP contribution in [0.4, 0.5) is 0 Å². The number of benzene rings is 2. The Balaban J connectivity index is 1.45. The molecule has 2 heterocycles. The lowest BCUT2D eigenvalue weighted by Crippen LogP contribution is -2.30. The first kappa shape index (κ1) is 19.6. The summed E-state index contributed by atoms with van der Waals surface area (Å²) in [5.74, 6) is 0.0348. The molecule has 0 aliphatic carbocycles. The first-order valence-electron chi connectivity index (χ1n) is 8.61. The van der Waals surface area contributed by atoms with E-state index in [9.17, 15) is 4.79 Å². The van der Waals surface area contributed by atoms with E-state index in [1.54, 1.807) is 23.0 Å². The number of nitrogens with one attached hydrogen (secondary N) is 1. The molecule has 1 atom stereocenters. The minimum Gasteiger partial charge on any atom is -0.342 e. The zero-order valence-corrected chi connectivity index (χ0v) is 17.4. The maximum absolute atomic E-state index is 12.7. The van der Waals surface area contributed by atoms with Crippen molar-refractivity contribution in [2.75, 3.05) is 5.75 Å².